The summed E-state index contributed by atoms with van der Waals surface area (Å²) in [6, 6.07) is 6.90. The van der Waals surface area contributed by atoms with Gasteiger partial charge in [0.25, 0.3) is 5.91 Å². The van der Waals surface area contributed by atoms with Crippen molar-refractivity contribution in [2.24, 2.45) is 0 Å². The summed E-state index contributed by atoms with van der Waals surface area (Å²) in [5, 5.41) is 12.4. The van der Waals surface area contributed by atoms with E-state index in [0.29, 0.717) is 24.2 Å². The fourth-order valence-corrected chi connectivity index (χ4v) is 2.40. The van der Waals surface area contributed by atoms with E-state index < -0.39 is 6.09 Å². The van der Waals surface area contributed by atoms with Gasteiger partial charge in [-0.1, -0.05) is 6.07 Å². The van der Waals surface area contributed by atoms with Crippen molar-refractivity contribution in [2.45, 2.75) is 12.5 Å². The van der Waals surface area contributed by atoms with Crippen LogP contribution in [0.3, 0.4) is 0 Å². The molecule has 0 aliphatic carbocycles. The predicted molar refractivity (Wildman–Crippen MR) is 71.7 cm³/mol. The number of hydrogen-bond acceptors (Lipinski definition) is 3. The van der Waals surface area contributed by atoms with E-state index >= 15 is 0 Å². The number of fused-ring (bicyclic) bond motifs is 1. The second kappa shape index (κ2) is 4.88. The maximum atomic E-state index is 12.2. The van der Waals surface area contributed by atoms with Crippen LogP contribution in [0.5, 0.6) is 0 Å². The lowest BCUT2D eigenvalue weighted by Crippen LogP contribution is -2.55. The number of hydrogen-bond donors (Lipinski definition) is 2. The Morgan fingerprint density at radius 3 is 2.95 bits per heavy atom. The molecular formula is C14H14N2O4. The highest BCUT2D eigenvalue weighted by Gasteiger charge is 2.32. The zero-order valence-electron chi connectivity index (χ0n) is 10.7. The largest absolute Gasteiger partial charge is 0.465 e. The van der Waals surface area contributed by atoms with Crippen LogP contribution in [0.15, 0.2) is 34.9 Å². The molecule has 1 aromatic carbocycles. The average molecular weight is 274 g/mol. The van der Waals surface area contributed by atoms with E-state index in [4.69, 9.17) is 9.52 Å². The Labute approximate surface area is 115 Å². The fraction of sp³-hybridized carbons (Fsp3) is 0.286. The summed E-state index contributed by atoms with van der Waals surface area (Å²) in [4.78, 5) is 24.3. The van der Waals surface area contributed by atoms with Crippen molar-refractivity contribution in [3.63, 3.8) is 0 Å². The van der Waals surface area contributed by atoms with Crippen LogP contribution >= 0.6 is 0 Å². The molecule has 1 aromatic heterocycles. The van der Waals surface area contributed by atoms with Crippen LogP contribution in [0.25, 0.3) is 11.0 Å². The lowest BCUT2D eigenvalue weighted by atomic mass is 10.0. The van der Waals surface area contributed by atoms with E-state index in [9.17, 15) is 9.59 Å². The molecule has 2 heterocycles. The Kier molecular flexibility index (Phi) is 3.06. The zero-order valence-corrected chi connectivity index (χ0v) is 10.7. The third kappa shape index (κ3) is 2.09. The van der Waals surface area contributed by atoms with Gasteiger partial charge in [-0.25, -0.2) is 4.79 Å². The smallest absolute Gasteiger partial charge is 0.407 e. The highest BCUT2D eigenvalue weighted by atomic mass is 16.4. The number of furan rings is 1. The molecule has 1 aliphatic heterocycles. The molecule has 6 heteroatoms. The number of nitrogens with one attached hydrogen (secondary N) is 1. The first-order chi connectivity index (χ1) is 9.66. The second-order valence-corrected chi connectivity index (χ2v) is 4.77. The summed E-state index contributed by atoms with van der Waals surface area (Å²) in [7, 11) is 0. The SMILES string of the molecule is O=C(NC[C@@H]1CCN1C(=O)O)c1cccc2occc12. The van der Waals surface area contributed by atoms with Gasteiger partial charge in [0.05, 0.1) is 17.9 Å². The molecule has 1 fully saturated rings. The third-order valence-electron chi connectivity index (χ3n) is 3.63. The summed E-state index contributed by atoms with van der Waals surface area (Å²) in [6.45, 7) is 0.868. The van der Waals surface area contributed by atoms with E-state index in [1.54, 1.807) is 30.5 Å². The summed E-state index contributed by atoms with van der Waals surface area (Å²) in [5.41, 5.74) is 1.20. The van der Waals surface area contributed by atoms with Crippen LogP contribution in [0, 0.1) is 0 Å². The average Bonchev–Trinajstić information content (AvgIpc) is 2.84. The topological polar surface area (TPSA) is 82.8 Å². The Bertz CT molecular complexity index is 664. The van der Waals surface area contributed by atoms with Gasteiger partial charge in [-0.3, -0.25) is 4.79 Å². The molecule has 6 nitrogen and oxygen atoms in total. The summed E-state index contributed by atoms with van der Waals surface area (Å²) in [6.07, 6.45) is 1.38. The molecule has 2 aromatic rings. The summed E-state index contributed by atoms with van der Waals surface area (Å²) < 4.78 is 5.25. The molecule has 0 bridgehead atoms. The van der Waals surface area contributed by atoms with Crippen LogP contribution in [0.4, 0.5) is 4.79 Å². The molecule has 20 heavy (non-hydrogen) atoms. The van der Waals surface area contributed by atoms with Crippen LogP contribution in [0.2, 0.25) is 0 Å². The Morgan fingerprint density at radius 1 is 1.40 bits per heavy atom. The molecule has 0 unspecified atom stereocenters. The van der Waals surface area contributed by atoms with Gasteiger partial charge in [0, 0.05) is 18.5 Å². The quantitative estimate of drug-likeness (QED) is 0.895. The molecule has 0 radical (unpaired) electrons. The monoisotopic (exact) mass is 274 g/mol. The Morgan fingerprint density at radius 2 is 2.25 bits per heavy atom. The Hall–Kier alpha value is -2.50. The first-order valence-corrected chi connectivity index (χ1v) is 6.41. The highest BCUT2D eigenvalue weighted by molar-refractivity contribution is 6.05. The molecule has 1 aliphatic rings. The van der Waals surface area contributed by atoms with Gasteiger partial charge in [-0.2, -0.15) is 0 Å². The van der Waals surface area contributed by atoms with Gasteiger partial charge >= 0.3 is 6.09 Å². The van der Waals surface area contributed by atoms with Crippen molar-refractivity contribution in [3.8, 4) is 0 Å². The van der Waals surface area contributed by atoms with Crippen molar-refractivity contribution in [2.75, 3.05) is 13.1 Å². The molecule has 2 N–H and O–H groups in total. The van der Waals surface area contributed by atoms with Crippen molar-refractivity contribution in [3.05, 3.63) is 36.1 Å². The molecule has 0 saturated carbocycles. The van der Waals surface area contributed by atoms with Crippen LogP contribution in [-0.2, 0) is 0 Å². The molecule has 1 atom stereocenters. The molecular weight excluding hydrogens is 260 g/mol. The van der Waals surface area contributed by atoms with Gasteiger partial charge in [-0.15, -0.1) is 0 Å². The zero-order chi connectivity index (χ0) is 14.1. The summed E-state index contributed by atoms with van der Waals surface area (Å²) >= 11 is 0. The first kappa shape index (κ1) is 12.5. The van der Waals surface area contributed by atoms with Gasteiger partial charge < -0.3 is 19.7 Å². The highest BCUT2D eigenvalue weighted by Crippen LogP contribution is 2.20. The lowest BCUT2D eigenvalue weighted by Gasteiger charge is -2.38. The van der Waals surface area contributed by atoms with E-state index in [0.717, 1.165) is 11.8 Å². The number of carbonyl (C=O) groups excluding carboxylic acids is 1. The normalized spacial score (nSPS) is 17.8. The minimum Gasteiger partial charge on any atom is -0.465 e. The number of benzene rings is 1. The molecule has 2 amide bonds. The first-order valence-electron chi connectivity index (χ1n) is 6.41. The minimum absolute atomic E-state index is 0.125. The standard InChI is InChI=1S/C14H14N2O4/c17-13(15-8-9-4-6-16(9)14(18)19)11-2-1-3-12-10(11)5-7-20-12/h1-3,5,7,9H,4,6,8H2,(H,15,17)(H,18,19)/t9-/m0/s1. The summed E-state index contributed by atoms with van der Waals surface area (Å²) in [5.74, 6) is -0.214. The van der Waals surface area contributed by atoms with E-state index in [-0.39, 0.29) is 11.9 Å². The van der Waals surface area contributed by atoms with Crippen molar-refractivity contribution in [1.82, 2.24) is 10.2 Å². The Balaban J connectivity index is 1.68. The van der Waals surface area contributed by atoms with E-state index in [2.05, 4.69) is 5.32 Å². The van der Waals surface area contributed by atoms with Crippen molar-refractivity contribution < 1.29 is 19.1 Å². The maximum absolute atomic E-state index is 12.2. The molecule has 3 rings (SSSR count). The lowest BCUT2D eigenvalue weighted by molar-refractivity contribution is 0.0704. The van der Waals surface area contributed by atoms with Crippen LogP contribution in [-0.4, -0.2) is 41.1 Å². The molecule has 1 saturated heterocycles. The third-order valence-corrected chi connectivity index (χ3v) is 3.63. The van der Waals surface area contributed by atoms with E-state index in [1.165, 1.54) is 4.90 Å². The number of rotatable bonds is 3. The van der Waals surface area contributed by atoms with Gasteiger partial charge in [0.2, 0.25) is 0 Å². The number of carboxylic acid groups (broad SMARTS) is 1. The second-order valence-electron chi connectivity index (χ2n) is 4.77. The van der Waals surface area contributed by atoms with Gasteiger partial charge in [-0.05, 0) is 24.6 Å². The number of amides is 2. The fourth-order valence-electron chi connectivity index (χ4n) is 2.40. The maximum Gasteiger partial charge on any atom is 0.407 e. The van der Waals surface area contributed by atoms with E-state index in [1.807, 2.05) is 0 Å². The van der Waals surface area contributed by atoms with Crippen molar-refractivity contribution >= 4 is 23.0 Å². The number of nitrogens with zero attached hydrogens (tertiary/aromatic N) is 1. The van der Waals surface area contributed by atoms with Gasteiger partial charge in [0.1, 0.15) is 5.58 Å². The van der Waals surface area contributed by atoms with Crippen LogP contribution in [0.1, 0.15) is 16.8 Å². The predicted octanol–water partition coefficient (Wildman–Crippen LogP) is 1.91. The molecule has 104 valence electrons. The number of likely N-dealkylation sites (tertiary alicyclic amines) is 1. The van der Waals surface area contributed by atoms with Gasteiger partial charge in [0.15, 0.2) is 0 Å². The molecule has 0 spiro atoms. The van der Waals surface area contributed by atoms with Crippen LogP contribution < -0.4 is 5.32 Å². The minimum atomic E-state index is -0.938. The van der Waals surface area contributed by atoms with Crippen molar-refractivity contribution in [1.29, 1.82) is 0 Å². The number of carbonyl (C=O) groups is 2.